The van der Waals surface area contributed by atoms with Crippen molar-refractivity contribution in [2.45, 2.75) is 19.0 Å². The zero-order valence-corrected chi connectivity index (χ0v) is 9.44. The minimum absolute atomic E-state index is 0.108. The Labute approximate surface area is 99.4 Å². The fourth-order valence-electron chi connectivity index (χ4n) is 1.36. The van der Waals surface area contributed by atoms with Crippen LogP contribution in [0, 0.1) is 6.92 Å². The van der Waals surface area contributed by atoms with Crippen molar-refractivity contribution in [3.05, 3.63) is 34.9 Å². The highest BCUT2D eigenvalue weighted by Crippen LogP contribution is 2.44. The summed E-state index contributed by atoms with van der Waals surface area (Å²) in [6, 6.07) is 2.33. The van der Waals surface area contributed by atoms with Crippen LogP contribution in [0.2, 0.25) is 0 Å². The van der Waals surface area contributed by atoms with Crippen molar-refractivity contribution in [2.75, 3.05) is 7.11 Å². The second-order valence-corrected chi connectivity index (χ2v) is 3.65. The maximum absolute atomic E-state index is 13.1. The van der Waals surface area contributed by atoms with Crippen LogP contribution in [-0.4, -0.2) is 19.3 Å². The molecule has 0 atom stereocenters. The summed E-state index contributed by atoms with van der Waals surface area (Å²) in [6.07, 6.45) is -5.71. The van der Waals surface area contributed by atoms with E-state index in [4.69, 9.17) is 0 Å². The summed E-state index contributed by atoms with van der Waals surface area (Å²) in [4.78, 5) is 11.1. The lowest BCUT2D eigenvalue weighted by atomic mass is 10.0. The van der Waals surface area contributed by atoms with Gasteiger partial charge in [-0.25, -0.2) is 4.79 Å². The van der Waals surface area contributed by atoms with E-state index in [1.54, 1.807) is 0 Å². The number of rotatable bonds is 2. The number of carbonyl (C=O) groups excluding carboxylic acids is 1. The van der Waals surface area contributed by atoms with Crippen LogP contribution >= 0.6 is 0 Å². The smallest absolute Gasteiger partial charge is 0.458 e. The average Bonchev–Trinajstić information content (AvgIpc) is 2.25. The van der Waals surface area contributed by atoms with E-state index >= 15 is 0 Å². The minimum atomic E-state index is -5.71. The molecule has 0 aliphatic carbocycles. The molecule has 0 amide bonds. The van der Waals surface area contributed by atoms with Crippen LogP contribution in [0.15, 0.2) is 18.2 Å². The first-order chi connectivity index (χ1) is 8.09. The van der Waals surface area contributed by atoms with Gasteiger partial charge < -0.3 is 4.74 Å². The summed E-state index contributed by atoms with van der Waals surface area (Å²) >= 11 is 0. The number of ether oxygens (including phenoxy) is 1. The molecule has 18 heavy (non-hydrogen) atoms. The third kappa shape index (κ3) is 2.60. The van der Waals surface area contributed by atoms with E-state index in [0.29, 0.717) is 12.1 Å². The van der Waals surface area contributed by atoms with E-state index in [0.717, 1.165) is 7.11 Å². The lowest BCUT2D eigenvalue weighted by Gasteiger charge is -2.20. The Morgan fingerprint density at radius 2 is 1.67 bits per heavy atom. The van der Waals surface area contributed by atoms with Crippen LogP contribution in [0.5, 0.6) is 0 Å². The number of alkyl halides is 5. The molecule has 0 fully saturated rings. The first kappa shape index (κ1) is 14.4. The highest BCUT2D eigenvalue weighted by molar-refractivity contribution is 5.89. The van der Waals surface area contributed by atoms with Gasteiger partial charge in [0.15, 0.2) is 0 Å². The number of esters is 1. The van der Waals surface area contributed by atoms with Crippen molar-refractivity contribution in [1.29, 1.82) is 0 Å². The zero-order valence-electron chi connectivity index (χ0n) is 9.44. The lowest BCUT2D eigenvalue weighted by Crippen LogP contribution is -2.33. The molecule has 0 N–H and O–H groups in total. The molecular formula is C11H9F5O2. The van der Waals surface area contributed by atoms with Gasteiger partial charge in [0, 0.05) is 5.56 Å². The first-order valence-electron chi connectivity index (χ1n) is 4.74. The molecule has 0 heterocycles. The van der Waals surface area contributed by atoms with Gasteiger partial charge in [-0.05, 0) is 30.7 Å². The second kappa shape index (κ2) is 4.55. The van der Waals surface area contributed by atoms with Crippen LogP contribution in [0.1, 0.15) is 21.5 Å². The van der Waals surface area contributed by atoms with Gasteiger partial charge in [-0.1, -0.05) is 0 Å². The van der Waals surface area contributed by atoms with Crippen molar-refractivity contribution in [2.24, 2.45) is 0 Å². The van der Waals surface area contributed by atoms with Gasteiger partial charge in [-0.15, -0.1) is 0 Å². The molecule has 0 aromatic heterocycles. The van der Waals surface area contributed by atoms with Gasteiger partial charge in [0.1, 0.15) is 0 Å². The van der Waals surface area contributed by atoms with Crippen LogP contribution < -0.4 is 0 Å². The maximum Gasteiger partial charge on any atom is 0.458 e. The fourth-order valence-corrected chi connectivity index (χ4v) is 1.36. The Hall–Kier alpha value is -1.66. The molecular weight excluding hydrogens is 259 g/mol. The summed E-state index contributed by atoms with van der Waals surface area (Å²) in [5.41, 5.74) is -1.52. The predicted octanol–water partition coefficient (Wildman–Crippen LogP) is 3.44. The number of halogens is 5. The molecule has 0 bridgehead atoms. The molecule has 0 radical (unpaired) electrons. The number of carbonyl (C=O) groups is 1. The largest absolute Gasteiger partial charge is 0.465 e. The van der Waals surface area contributed by atoms with Crippen molar-refractivity contribution < 1.29 is 31.5 Å². The van der Waals surface area contributed by atoms with E-state index in [1.165, 1.54) is 13.0 Å². The lowest BCUT2D eigenvalue weighted by molar-refractivity contribution is -0.289. The molecule has 7 heteroatoms. The minimum Gasteiger partial charge on any atom is -0.465 e. The van der Waals surface area contributed by atoms with E-state index < -0.39 is 23.6 Å². The normalized spacial score (nSPS) is 12.4. The summed E-state index contributed by atoms with van der Waals surface area (Å²) in [6.45, 7) is 1.31. The maximum atomic E-state index is 13.1. The number of methoxy groups -OCH3 is 1. The van der Waals surface area contributed by atoms with E-state index in [1.807, 2.05) is 0 Å². The number of benzene rings is 1. The number of hydrogen-bond donors (Lipinski definition) is 0. The molecule has 2 nitrogen and oxygen atoms in total. The molecule has 0 saturated heterocycles. The molecule has 1 rings (SSSR count). The molecule has 0 saturated carbocycles. The average molecular weight is 268 g/mol. The highest BCUT2D eigenvalue weighted by atomic mass is 19.4. The Bertz CT molecular complexity index is 465. The van der Waals surface area contributed by atoms with Crippen molar-refractivity contribution in [1.82, 2.24) is 0 Å². The topological polar surface area (TPSA) is 26.3 Å². The van der Waals surface area contributed by atoms with E-state index in [9.17, 15) is 26.7 Å². The predicted molar refractivity (Wildman–Crippen MR) is 52.5 cm³/mol. The number of aryl methyl sites for hydroxylation is 1. The number of hydrogen-bond acceptors (Lipinski definition) is 2. The Morgan fingerprint density at radius 3 is 2.11 bits per heavy atom. The third-order valence-electron chi connectivity index (χ3n) is 2.22. The standard InChI is InChI=1S/C11H9F5O2/c1-6-3-7(9(17)18-2)5-8(4-6)10(12,13)11(14,15)16/h3-5H,1-2H3. The molecule has 0 aliphatic rings. The van der Waals surface area contributed by atoms with Crippen molar-refractivity contribution >= 4 is 5.97 Å². The van der Waals surface area contributed by atoms with Crippen molar-refractivity contribution in [3.8, 4) is 0 Å². The molecule has 100 valence electrons. The van der Waals surface area contributed by atoms with Crippen LogP contribution in [-0.2, 0) is 10.7 Å². The van der Waals surface area contributed by atoms with Gasteiger partial charge in [-0.2, -0.15) is 22.0 Å². The van der Waals surface area contributed by atoms with E-state index in [2.05, 4.69) is 4.74 Å². The van der Waals surface area contributed by atoms with Gasteiger partial charge in [0.25, 0.3) is 0 Å². The molecule has 1 aromatic carbocycles. The van der Waals surface area contributed by atoms with Crippen molar-refractivity contribution in [3.63, 3.8) is 0 Å². The van der Waals surface area contributed by atoms with Crippen LogP contribution in [0.3, 0.4) is 0 Å². The fraction of sp³-hybridized carbons (Fsp3) is 0.364. The van der Waals surface area contributed by atoms with E-state index in [-0.39, 0.29) is 11.1 Å². The van der Waals surface area contributed by atoms with Crippen LogP contribution in [0.25, 0.3) is 0 Å². The summed E-state index contributed by atoms with van der Waals surface area (Å²) in [7, 11) is 1.01. The molecule has 0 aliphatic heterocycles. The quantitative estimate of drug-likeness (QED) is 0.606. The molecule has 1 aromatic rings. The Balaban J connectivity index is 3.35. The molecule has 0 spiro atoms. The van der Waals surface area contributed by atoms with Gasteiger partial charge in [0.2, 0.25) is 0 Å². The summed E-state index contributed by atoms with van der Waals surface area (Å²) < 4.78 is 67.1. The van der Waals surface area contributed by atoms with Gasteiger partial charge in [-0.3, -0.25) is 0 Å². The SMILES string of the molecule is COC(=O)c1cc(C)cc(C(F)(F)C(F)(F)F)c1. The Morgan fingerprint density at radius 1 is 1.11 bits per heavy atom. The Kier molecular flexibility index (Phi) is 3.64. The highest BCUT2D eigenvalue weighted by Gasteiger charge is 2.58. The first-order valence-corrected chi connectivity index (χ1v) is 4.74. The van der Waals surface area contributed by atoms with Gasteiger partial charge >= 0.3 is 18.1 Å². The summed E-state index contributed by atoms with van der Waals surface area (Å²) in [5, 5.41) is 0. The second-order valence-electron chi connectivity index (χ2n) is 3.65. The third-order valence-corrected chi connectivity index (χ3v) is 2.22. The zero-order chi connectivity index (χ0) is 14.1. The summed E-state index contributed by atoms with van der Waals surface area (Å²) in [5.74, 6) is -5.99. The molecule has 0 unspecified atom stereocenters. The van der Waals surface area contributed by atoms with Crippen LogP contribution in [0.4, 0.5) is 22.0 Å². The van der Waals surface area contributed by atoms with Gasteiger partial charge in [0.05, 0.1) is 12.7 Å². The monoisotopic (exact) mass is 268 g/mol.